The maximum absolute atomic E-state index is 11.5. The number of aliphatic hydroxyl groups is 1. The average molecular weight is 458 g/mol. The van der Waals surface area contributed by atoms with Crippen molar-refractivity contribution in [2.75, 3.05) is 19.0 Å². The normalized spacial score (nSPS) is 25.5. The summed E-state index contributed by atoms with van der Waals surface area (Å²) in [6, 6.07) is 9.90. The van der Waals surface area contributed by atoms with Crippen molar-refractivity contribution in [1.82, 2.24) is 18.8 Å². The zero-order valence-corrected chi connectivity index (χ0v) is 18.9. The Balaban J connectivity index is 1.46. The predicted octanol–water partition coefficient (Wildman–Crippen LogP) is 2.35. The molecule has 0 unspecified atom stereocenters. The summed E-state index contributed by atoms with van der Waals surface area (Å²) in [5, 5.41) is 11.4. The van der Waals surface area contributed by atoms with Gasteiger partial charge in [-0.2, -0.15) is 12.7 Å². The van der Waals surface area contributed by atoms with Crippen molar-refractivity contribution >= 4 is 27.2 Å². The van der Waals surface area contributed by atoms with Gasteiger partial charge in [-0.25, -0.2) is 9.97 Å². The molecule has 1 fully saturated rings. The second kappa shape index (κ2) is 7.80. The minimum atomic E-state index is -4.37. The Hall–Kier alpha value is -2.53. The van der Waals surface area contributed by atoms with Gasteiger partial charge in [0.15, 0.2) is 0 Å². The molecule has 0 aliphatic heterocycles. The minimum Gasteiger partial charge on any atom is -0.391 e. The van der Waals surface area contributed by atoms with E-state index in [4.69, 9.17) is 0 Å². The Labute approximate surface area is 187 Å². The molecule has 170 valence electrons. The van der Waals surface area contributed by atoms with Crippen LogP contribution >= 0.6 is 0 Å². The standard InChI is InChI=1S/C22H27N5O4S/c1-25(18-8-7-14-5-3-4-6-16(14)18)21-17-9-10-27(22(17)24-13-23-21)15-11-19(20(28)12-15)26(2)32(29,30)31/h3-6,9-10,13,15,18-20,28H,7-8,11-12H2,1-2H3,(H,29,30,31)/t15-,18+,19+,20+/m1/s1. The highest BCUT2D eigenvalue weighted by molar-refractivity contribution is 7.83. The summed E-state index contributed by atoms with van der Waals surface area (Å²) < 4.78 is 35.3. The molecule has 2 aliphatic rings. The van der Waals surface area contributed by atoms with Crippen molar-refractivity contribution in [3.63, 3.8) is 0 Å². The maximum atomic E-state index is 11.5. The van der Waals surface area contributed by atoms with E-state index in [-0.39, 0.29) is 12.1 Å². The van der Waals surface area contributed by atoms with Gasteiger partial charge in [0.1, 0.15) is 17.8 Å². The molecule has 9 nitrogen and oxygen atoms in total. The SMILES string of the molecule is CN(c1ncnc2c1ccn2[C@H]1C[C@H](O)[C@@H](N(C)S(=O)(=O)O)C1)[C@H]1CCc2ccccc21. The zero-order chi connectivity index (χ0) is 22.6. The van der Waals surface area contributed by atoms with E-state index in [1.54, 1.807) is 6.33 Å². The summed E-state index contributed by atoms with van der Waals surface area (Å²) in [5.41, 5.74) is 3.46. The van der Waals surface area contributed by atoms with Crippen molar-refractivity contribution in [1.29, 1.82) is 0 Å². The molecule has 1 saturated carbocycles. The fraction of sp³-hybridized carbons (Fsp3) is 0.455. The van der Waals surface area contributed by atoms with Crippen molar-refractivity contribution < 1.29 is 18.1 Å². The van der Waals surface area contributed by atoms with Crippen molar-refractivity contribution in [3.8, 4) is 0 Å². The van der Waals surface area contributed by atoms with E-state index in [1.807, 2.05) is 16.8 Å². The number of aromatic nitrogens is 3. The summed E-state index contributed by atoms with van der Waals surface area (Å²) in [7, 11) is -1.03. The molecular weight excluding hydrogens is 430 g/mol. The molecule has 5 rings (SSSR count). The van der Waals surface area contributed by atoms with Crippen LogP contribution in [0.25, 0.3) is 11.0 Å². The Morgan fingerprint density at radius 1 is 1.12 bits per heavy atom. The fourth-order valence-corrected chi connectivity index (χ4v) is 5.94. The van der Waals surface area contributed by atoms with Gasteiger partial charge >= 0.3 is 10.3 Å². The lowest BCUT2D eigenvalue weighted by Crippen LogP contribution is -2.41. The molecule has 2 heterocycles. The average Bonchev–Trinajstić information content (AvgIpc) is 3.47. The van der Waals surface area contributed by atoms with Crippen LogP contribution in [0.2, 0.25) is 0 Å². The minimum absolute atomic E-state index is 0.142. The van der Waals surface area contributed by atoms with Crippen LogP contribution in [0, 0.1) is 0 Å². The molecule has 32 heavy (non-hydrogen) atoms. The summed E-state index contributed by atoms with van der Waals surface area (Å²) in [5.74, 6) is 0.848. The molecular formula is C22H27N5O4S. The first-order valence-corrected chi connectivity index (χ1v) is 12.2. The van der Waals surface area contributed by atoms with E-state index >= 15 is 0 Å². The molecule has 0 saturated heterocycles. The number of aryl methyl sites for hydroxylation is 1. The largest absolute Gasteiger partial charge is 0.391 e. The molecule has 0 bridgehead atoms. The third-order valence-corrected chi connectivity index (χ3v) is 8.09. The van der Waals surface area contributed by atoms with Gasteiger partial charge in [-0.1, -0.05) is 24.3 Å². The van der Waals surface area contributed by atoms with E-state index in [0.717, 1.165) is 34.0 Å². The van der Waals surface area contributed by atoms with E-state index in [0.29, 0.717) is 12.8 Å². The lowest BCUT2D eigenvalue weighted by Gasteiger charge is -2.27. The first-order valence-electron chi connectivity index (χ1n) is 10.8. The second-order valence-electron chi connectivity index (χ2n) is 8.78. The summed E-state index contributed by atoms with van der Waals surface area (Å²) in [6.07, 6.45) is 5.43. The van der Waals surface area contributed by atoms with Crippen molar-refractivity contribution in [2.24, 2.45) is 0 Å². The number of likely N-dealkylation sites (N-methyl/N-ethyl adjacent to an activating group) is 1. The van der Waals surface area contributed by atoms with Crippen LogP contribution in [-0.4, -0.2) is 63.2 Å². The lowest BCUT2D eigenvalue weighted by atomic mass is 10.1. The Kier molecular flexibility index (Phi) is 5.20. The second-order valence-corrected chi connectivity index (χ2v) is 10.2. The number of hydrogen-bond donors (Lipinski definition) is 2. The van der Waals surface area contributed by atoms with Crippen LogP contribution < -0.4 is 4.90 Å². The predicted molar refractivity (Wildman–Crippen MR) is 121 cm³/mol. The van der Waals surface area contributed by atoms with Gasteiger partial charge in [-0.05, 0) is 42.9 Å². The van der Waals surface area contributed by atoms with Gasteiger partial charge in [-0.3, -0.25) is 4.55 Å². The van der Waals surface area contributed by atoms with Crippen molar-refractivity contribution in [2.45, 2.75) is 49.9 Å². The smallest absolute Gasteiger partial charge is 0.335 e. The fourth-order valence-electron chi connectivity index (χ4n) is 5.37. The number of aliphatic hydroxyl groups excluding tert-OH is 1. The van der Waals surface area contributed by atoms with Gasteiger partial charge in [-0.15, -0.1) is 0 Å². The number of fused-ring (bicyclic) bond motifs is 2. The van der Waals surface area contributed by atoms with Crippen LogP contribution in [0.3, 0.4) is 0 Å². The van der Waals surface area contributed by atoms with Crippen LogP contribution in [-0.2, 0) is 16.7 Å². The van der Waals surface area contributed by atoms with Crippen LogP contribution in [0.5, 0.6) is 0 Å². The molecule has 0 spiro atoms. The van der Waals surface area contributed by atoms with Gasteiger partial charge in [0.25, 0.3) is 0 Å². The molecule has 4 atom stereocenters. The van der Waals surface area contributed by atoms with Crippen LogP contribution in [0.4, 0.5) is 5.82 Å². The molecule has 1 aromatic carbocycles. The number of anilines is 1. The molecule has 0 amide bonds. The maximum Gasteiger partial charge on any atom is 0.335 e. The summed E-state index contributed by atoms with van der Waals surface area (Å²) in [4.78, 5) is 11.3. The van der Waals surface area contributed by atoms with E-state index < -0.39 is 22.4 Å². The van der Waals surface area contributed by atoms with Gasteiger partial charge in [0, 0.05) is 26.3 Å². The number of nitrogens with zero attached hydrogens (tertiary/aromatic N) is 5. The van der Waals surface area contributed by atoms with Gasteiger partial charge < -0.3 is 14.6 Å². The van der Waals surface area contributed by atoms with Gasteiger partial charge in [0.05, 0.1) is 23.6 Å². The number of hydrogen-bond acceptors (Lipinski definition) is 6. The first-order chi connectivity index (χ1) is 15.3. The monoisotopic (exact) mass is 457 g/mol. The third-order valence-electron chi connectivity index (χ3n) is 7.09. The van der Waals surface area contributed by atoms with E-state index in [1.165, 1.54) is 18.2 Å². The molecule has 2 aliphatic carbocycles. The molecule has 10 heteroatoms. The summed E-state index contributed by atoms with van der Waals surface area (Å²) in [6.45, 7) is 0. The van der Waals surface area contributed by atoms with E-state index in [2.05, 4.69) is 46.2 Å². The van der Waals surface area contributed by atoms with Crippen LogP contribution in [0.1, 0.15) is 42.5 Å². The van der Waals surface area contributed by atoms with Gasteiger partial charge in [0.2, 0.25) is 0 Å². The van der Waals surface area contributed by atoms with Crippen LogP contribution in [0.15, 0.2) is 42.9 Å². The highest BCUT2D eigenvalue weighted by Crippen LogP contribution is 2.40. The number of benzene rings is 1. The summed E-state index contributed by atoms with van der Waals surface area (Å²) >= 11 is 0. The zero-order valence-electron chi connectivity index (χ0n) is 18.0. The van der Waals surface area contributed by atoms with Crippen molar-refractivity contribution in [3.05, 3.63) is 54.0 Å². The Morgan fingerprint density at radius 3 is 2.69 bits per heavy atom. The first kappa shape index (κ1) is 21.3. The quantitative estimate of drug-likeness (QED) is 0.566. The highest BCUT2D eigenvalue weighted by atomic mass is 32.2. The number of rotatable bonds is 5. The highest BCUT2D eigenvalue weighted by Gasteiger charge is 2.40. The molecule has 0 radical (unpaired) electrons. The Morgan fingerprint density at radius 2 is 1.91 bits per heavy atom. The molecule has 2 N–H and O–H groups in total. The lowest BCUT2D eigenvalue weighted by molar-refractivity contribution is 0.117. The molecule has 2 aromatic heterocycles. The van der Waals surface area contributed by atoms with E-state index in [9.17, 15) is 18.1 Å². The Bertz CT molecular complexity index is 1260. The molecule has 3 aromatic rings. The third kappa shape index (κ3) is 3.47. The topological polar surface area (TPSA) is 112 Å².